The third kappa shape index (κ3) is 2.84. The Morgan fingerprint density at radius 1 is 1.40 bits per heavy atom. The van der Waals surface area contributed by atoms with Crippen LogP contribution in [0.15, 0.2) is 0 Å². The molecule has 2 N–H and O–H groups in total. The van der Waals surface area contributed by atoms with Crippen LogP contribution in [0.4, 0.5) is 0 Å². The van der Waals surface area contributed by atoms with Crippen molar-refractivity contribution < 1.29 is 9.84 Å². The van der Waals surface area contributed by atoms with Gasteiger partial charge in [-0.25, -0.2) is 0 Å². The summed E-state index contributed by atoms with van der Waals surface area (Å²) < 4.78 is 5.34. The lowest BCUT2D eigenvalue weighted by Gasteiger charge is -2.51. The number of hydrogen-bond acceptors (Lipinski definition) is 3. The summed E-state index contributed by atoms with van der Waals surface area (Å²) >= 11 is 0. The van der Waals surface area contributed by atoms with E-state index in [1.807, 2.05) is 7.11 Å². The Morgan fingerprint density at radius 2 is 2.13 bits per heavy atom. The zero-order chi connectivity index (χ0) is 10.0. The number of piperidine rings is 1. The summed E-state index contributed by atoms with van der Waals surface area (Å²) in [4.78, 5) is 0. The molecular formula is C11H22ClNO2. The van der Waals surface area contributed by atoms with Crippen LogP contribution < -0.4 is 5.32 Å². The topological polar surface area (TPSA) is 41.5 Å². The molecule has 15 heavy (non-hydrogen) atoms. The zero-order valence-electron chi connectivity index (χ0n) is 9.37. The van der Waals surface area contributed by atoms with Crippen LogP contribution in [0.5, 0.6) is 0 Å². The van der Waals surface area contributed by atoms with Crippen LogP contribution in [0, 0.1) is 5.41 Å². The largest absolute Gasteiger partial charge is 0.396 e. The first kappa shape index (κ1) is 13.2. The zero-order valence-corrected chi connectivity index (χ0v) is 10.2. The molecule has 0 amide bonds. The standard InChI is InChI=1S/C11H21NO2.ClH/c1-14-10-7-11(8-10)3-4-12-9(6-11)2-5-13;/h9-10,12-13H,2-8H2,1H3;1H. The number of hydrogen-bond donors (Lipinski definition) is 2. The molecule has 0 bridgehead atoms. The number of ether oxygens (including phenoxy) is 1. The molecule has 1 heterocycles. The van der Waals surface area contributed by atoms with Gasteiger partial charge in [0.1, 0.15) is 0 Å². The lowest BCUT2D eigenvalue weighted by atomic mass is 9.60. The minimum atomic E-state index is 0. The molecule has 4 heteroatoms. The number of halogens is 1. The molecule has 2 fully saturated rings. The van der Waals surface area contributed by atoms with Crippen LogP contribution in [0.3, 0.4) is 0 Å². The van der Waals surface area contributed by atoms with Crippen molar-refractivity contribution in [3.8, 4) is 0 Å². The molecule has 1 aliphatic carbocycles. The molecule has 1 unspecified atom stereocenters. The summed E-state index contributed by atoms with van der Waals surface area (Å²) in [6.07, 6.45) is 6.38. The van der Waals surface area contributed by atoms with E-state index in [0.717, 1.165) is 13.0 Å². The molecule has 2 rings (SSSR count). The van der Waals surface area contributed by atoms with Crippen molar-refractivity contribution >= 4 is 12.4 Å². The van der Waals surface area contributed by atoms with Crippen molar-refractivity contribution in [3.05, 3.63) is 0 Å². The summed E-state index contributed by atoms with van der Waals surface area (Å²) in [5, 5.41) is 12.4. The molecule has 1 aliphatic heterocycles. The molecule has 0 aromatic carbocycles. The second-order valence-corrected chi connectivity index (χ2v) is 4.88. The van der Waals surface area contributed by atoms with E-state index < -0.39 is 0 Å². The lowest BCUT2D eigenvalue weighted by Crippen LogP contribution is -2.52. The van der Waals surface area contributed by atoms with Crippen LogP contribution in [-0.4, -0.2) is 37.5 Å². The second-order valence-electron chi connectivity index (χ2n) is 4.88. The summed E-state index contributed by atoms with van der Waals surface area (Å²) in [6.45, 7) is 1.42. The first-order valence-corrected chi connectivity index (χ1v) is 5.65. The molecule has 0 aromatic heterocycles. The highest BCUT2D eigenvalue weighted by Gasteiger charge is 2.46. The Kier molecular flexibility index (Phi) is 4.84. The molecule has 1 atom stereocenters. The second kappa shape index (κ2) is 5.48. The molecule has 1 spiro atoms. The molecule has 2 aliphatic rings. The highest BCUT2D eigenvalue weighted by Crippen LogP contribution is 2.50. The van der Waals surface area contributed by atoms with Crippen LogP contribution in [0.2, 0.25) is 0 Å². The predicted molar refractivity (Wildman–Crippen MR) is 62.4 cm³/mol. The number of methoxy groups -OCH3 is 1. The van der Waals surface area contributed by atoms with E-state index >= 15 is 0 Å². The summed E-state index contributed by atoms with van der Waals surface area (Å²) in [5.74, 6) is 0. The molecule has 0 radical (unpaired) electrons. The third-order valence-electron chi connectivity index (χ3n) is 3.90. The average molecular weight is 236 g/mol. The van der Waals surface area contributed by atoms with Crippen LogP contribution in [0.1, 0.15) is 32.1 Å². The van der Waals surface area contributed by atoms with Gasteiger partial charge in [-0.2, -0.15) is 0 Å². The number of aliphatic hydroxyl groups excluding tert-OH is 1. The van der Waals surface area contributed by atoms with Gasteiger partial charge in [0.2, 0.25) is 0 Å². The fourth-order valence-electron chi connectivity index (χ4n) is 3.04. The fourth-order valence-corrected chi connectivity index (χ4v) is 3.04. The van der Waals surface area contributed by atoms with Crippen molar-refractivity contribution in [2.45, 2.75) is 44.2 Å². The minimum absolute atomic E-state index is 0. The van der Waals surface area contributed by atoms with Gasteiger partial charge in [-0.3, -0.25) is 0 Å². The average Bonchev–Trinajstić information content (AvgIpc) is 2.15. The van der Waals surface area contributed by atoms with Gasteiger partial charge in [0.15, 0.2) is 0 Å². The van der Waals surface area contributed by atoms with Gasteiger partial charge in [0, 0.05) is 19.8 Å². The molecule has 0 aromatic rings. The van der Waals surface area contributed by atoms with E-state index in [0.29, 0.717) is 24.2 Å². The summed E-state index contributed by atoms with van der Waals surface area (Å²) in [5.41, 5.74) is 0.547. The Hall–Kier alpha value is 0.170. The maximum Gasteiger partial charge on any atom is 0.0582 e. The number of rotatable bonds is 3. The highest BCUT2D eigenvalue weighted by molar-refractivity contribution is 5.85. The Balaban J connectivity index is 0.00000112. The molecule has 90 valence electrons. The molecule has 1 saturated carbocycles. The quantitative estimate of drug-likeness (QED) is 0.776. The van der Waals surface area contributed by atoms with Crippen molar-refractivity contribution in [3.63, 3.8) is 0 Å². The van der Waals surface area contributed by atoms with Gasteiger partial charge in [-0.15, -0.1) is 12.4 Å². The smallest absolute Gasteiger partial charge is 0.0582 e. The van der Waals surface area contributed by atoms with E-state index in [1.165, 1.54) is 25.7 Å². The lowest BCUT2D eigenvalue weighted by molar-refractivity contribution is -0.0816. The monoisotopic (exact) mass is 235 g/mol. The molecule has 3 nitrogen and oxygen atoms in total. The molecule has 1 saturated heterocycles. The fraction of sp³-hybridized carbons (Fsp3) is 1.00. The van der Waals surface area contributed by atoms with E-state index in [-0.39, 0.29) is 12.4 Å². The van der Waals surface area contributed by atoms with Gasteiger partial charge >= 0.3 is 0 Å². The Bertz CT molecular complexity index is 193. The first-order chi connectivity index (χ1) is 6.78. The summed E-state index contributed by atoms with van der Waals surface area (Å²) in [7, 11) is 1.81. The Labute approximate surface area is 98.0 Å². The van der Waals surface area contributed by atoms with Crippen LogP contribution >= 0.6 is 12.4 Å². The maximum absolute atomic E-state index is 8.91. The van der Waals surface area contributed by atoms with Gasteiger partial charge in [-0.1, -0.05) is 0 Å². The normalized spacial score (nSPS) is 39.6. The maximum atomic E-state index is 8.91. The van der Waals surface area contributed by atoms with Gasteiger partial charge < -0.3 is 15.2 Å². The van der Waals surface area contributed by atoms with Crippen molar-refractivity contribution in [2.75, 3.05) is 20.3 Å². The SMILES string of the molecule is COC1CC2(CCNC(CCO)C2)C1.Cl. The van der Waals surface area contributed by atoms with Crippen molar-refractivity contribution in [2.24, 2.45) is 5.41 Å². The van der Waals surface area contributed by atoms with Crippen LogP contribution in [-0.2, 0) is 4.74 Å². The van der Waals surface area contributed by atoms with E-state index in [9.17, 15) is 0 Å². The van der Waals surface area contributed by atoms with Gasteiger partial charge in [0.25, 0.3) is 0 Å². The van der Waals surface area contributed by atoms with Crippen molar-refractivity contribution in [1.82, 2.24) is 5.32 Å². The summed E-state index contributed by atoms with van der Waals surface area (Å²) in [6, 6.07) is 0.534. The Morgan fingerprint density at radius 3 is 2.73 bits per heavy atom. The third-order valence-corrected chi connectivity index (χ3v) is 3.90. The van der Waals surface area contributed by atoms with Gasteiger partial charge in [0.05, 0.1) is 6.10 Å². The van der Waals surface area contributed by atoms with E-state index in [2.05, 4.69) is 5.32 Å². The predicted octanol–water partition coefficient (Wildman–Crippen LogP) is 1.34. The minimum Gasteiger partial charge on any atom is -0.396 e. The van der Waals surface area contributed by atoms with Crippen LogP contribution in [0.25, 0.3) is 0 Å². The number of aliphatic hydroxyl groups is 1. The van der Waals surface area contributed by atoms with E-state index in [1.54, 1.807) is 0 Å². The number of nitrogens with one attached hydrogen (secondary N) is 1. The molecular weight excluding hydrogens is 214 g/mol. The van der Waals surface area contributed by atoms with E-state index in [4.69, 9.17) is 9.84 Å². The van der Waals surface area contributed by atoms with Crippen molar-refractivity contribution in [1.29, 1.82) is 0 Å². The van der Waals surface area contributed by atoms with Gasteiger partial charge in [-0.05, 0) is 44.1 Å². The first-order valence-electron chi connectivity index (χ1n) is 5.65. The highest BCUT2D eigenvalue weighted by atomic mass is 35.5.